The molecule has 0 aromatic heterocycles. The summed E-state index contributed by atoms with van der Waals surface area (Å²) >= 11 is 0. The zero-order chi connectivity index (χ0) is 11.4. The first kappa shape index (κ1) is 11.5. The summed E-state index contributed by atoms with van der Waals surface area (Å²) in [6, 6.07) is 5.90. The number of benzene rings is 1. The van der Waals surface area contributed by atoms with Crippen LogP contribution >= 0.6 is 0 Å². The molecule has 1 amide bonds. The number of carbonyl (C=O) groups excluding carboxylic acids is 1. The van der Waals surface area contributed by atoms with Crippen LogP contribution in [0.1, 0.15) is 27.7 Å². The summed E-state index contributed by atoms with van der Waals surface area (Å²) in [6.45, 7) is 7.83. The van der Waals surface area contributed by atoms with E-state index in [2.05, 4.69) is 5.32 Å². The van der Waals surface area contributed by atoms with Crippen LogP contribution in [0.2, 0.25) is 0 Å². The van der Waals surface area contributed by atoms with Gasteiger partial charge in [0.1, 0.15) is 0 Å². The van der Waals surface area contributed by atoms with Crippen molar-refractivity contribution >= 4 is 23.2 Å². The second-order valence-electron chi connectivity index (χ2n) is 3.14. The third-order valence-electron chi connectivity index (χ3n) is 2.37. The lowest BCUT2D eigenvalue weighted by molar-refractivity contribution is -0.111. The molecule has 1 aliphatic rings. The van der Waals surface area contributed by atoms with Crippen molar-refractivity contribution in [3.05, 3.63) is 28.6 Å². The minimum absolute atomic E-state index is 0.0179. The van der Waals surface area contributed by atoms with Crippen molar-refractivity contribution in [2.24, 2.45) is 0 Å². The molecule has 0 saturated heterocycles. The summed E-state index contributed by atoms with van der Waals surface area (Å²) in [5.74, 6) is 0.0179. The highest BCUT2D eigenvalue weighted by molar-refractivity contribution is 6.23. The molecule has 2 nitrogen and oxygen atoms in total. The molecule has 0 atom stereocenters. The SMILES string of the molecule is C/C=c1/cccc2c1=C(C)C(=O)N2.CC. The summed E-state index contributed by atoms with van der Waals surface area (Å²) in [5.41, 5.74) is 1.74. The molecule has 0 saturated carbocycles. The van der Waals surface area contributed by atoms with Gasteiger partial charge in [0.25, 0.3) is 5.91 Å². The molecule has 0 bridgehead atoms. The highest BCUT2D eigenvalue weighted by Gasteiger charge is 2.15. The van der Waals surface area contributed by atoms with Gasteiger partial charge in [0.15, 0.2) is 0 Å². The van der Waals surface area contributed by atoms with Gasteiger partial charge >= 0.3 is 0 Å². The largest absolute Gasteiger partial charge is 0.322 e. The Labute approximate surface area is 90.3 Å². The maximum absolute atomic E-state index is 11.3. The predicted molar refractivity (Wildman–Crippen MR) is 64.9 cm³/mol. The van der Waals surface area contributed by atoms with Crippen LogP contribution in [0, 0.1) is 0 Å². The van der Waals surface area contributed by atoms with E-state index in [1.165, 1.54) is 0 Å². The zero-order valence-electron chi connectivity index (χ0n) is 9.72. The average molecular weight is 203 g/mol. The first-order valence-corrected chi connectivity index (χ1v) is 5.31. The molecule has 0 aliphatic carbocycles. The maximum atomic E-state index is 11.3. The van der Waals surface area contributed by atoms with Crippen LogP contribution in [-0.2, 0) is 4.79 Å². The second-order valence-corrected chi connectivity index (χ2v) is 3.14. The Morgan fingerprint density at radius 1 is 1.27 bits per heavy atom. The van der Waals surface area contributed by atoms with Gasteiger partial charge in [0.05, 0.1) is 0 Å². The number of fused-ring (bicyclic) bond motifs is 1. The minimum atomic E-state index is 0.0179. The molecule has 0 spiro atoms. The lowest BCUT2D eigenvalue weighted by Gasteiger charge is -1.94. The van der Waals surface area contributed by atoms with E-state index in [9.17, 15) is 4.79 Å². The van der Waals surface area contributed by atoms with Crippen LogP contribution < -0.4 is 15.8 Å². The summed E-state index contributed by atoms with van der Waals surface area (Å²) in [5, 5.41) is 5.00. The van der Waals surface area contributed by atoms with Crippen molar-refractivity contribution in [1.82, 2.24) is 0 Å². The minimum Gasteiger partial charge on any atom is -0.322 e. The van der Waals surface area contributed by atoms with E-state index in [1.807, 2.05) is 52.0 Å². The third kappa shape index (κ3) is 1.94. The first-order valence-electron chi connectivity index (χ1n) is 5.31. The number of anilines is 1. The Morgan fingerprint density at radius 3 is 2.53 bits per heavy atom. The predicted octanol–water partition coefficient (Wildman–Crippen LogP) is 1.64. The maximum Gasteiger partial charge on any atom is 0.252 e. The molecule has 1 aromatic carbocycles. The van der Waals surface area contributed by atoms with Gasteiger partial charge in [0.2, 0.25) is 0 Å². The smallest absolute Gasteiger partial charge is 0.252 e. The van der Waals surface area contributed by atoms with Gasteiger partial charge < -0.3 is 5.32 Å². The first-order chi connectivity index (χ1) is 7.24. The number of carbonyl (C=O) groups is 1. The van der Waals surface area contributed by atoms with Gasteiger partial charge in [-0.2, -0.15) is 0 Å². The van der Waals surface area contributed by atoms with Gasteiger partial charge in [-0.25, -0.2) is 0 Å². The number of nitrogens with one attached hydrogen (secondary N) is 1. The van der Waals surface area contributed by atoms with Crippen LogP contribution in [0.25, 0.3) is 11.6 Å². The third-order valence-corrected chi connectivity index (χ3v) is 2.37. The summed E-state index contributed by atoms with van der Waals surface area (Å²) < 4.78 is 0. The molecule has 1 aromatic rings. The normalized spacial score (nSPS) is 14.3. The Morgan fingerprint density at radius 2 is 1.93 bits per heavy atom. The van der Waals surface area contributed by atoms with E-state index in [0.717, 1.165) is 21.7 Å². The Bertz CT molecular complexity index is 486. The lowest BCUT2D eigenvalue weighted by atomic mass is 10.1. The van der Waals surface area contributed by atoms with Crippen molar-refractivity contribution in [3.8, 4) is 0 Å². The number of hydrogen-bond donors (Lipinski definition) is 1. The molecule has 0 radical (unpaired) electrons. The second kappa shape index (κ2) is 4.78. The molecule has 0 fully saturated rings. The van der Waals surface area contributed by atoms with Crippen LogP contribution in [0.5, 0.6) is 0 Å². The molecular weight excluding hydrogens is 186 g/mol. The van der Waals surface area contributed by atoms with Crippen molar-refractivity contribution in [3.63, 3.8) is 0 Å². The topological polar surface area (TPSA) is 29.1 Å². The fraction of sp³-hybridized carbons (Fsp3) is 0.308. The van der Waals surface area contributed by atoms with Gasteiger partial charge in [-0.3, -0.25) is 4.79 Å². The van der Waals surface area contributed by atoms with Gasteiger partial charge in [-0.1, -0.05) is 32.1 Å². The van der Waals surface area contributed by atoms with Crippen molar-refractivity contribution in [1.29, 1.82) is 0 Å². The molecule has 2 rings (SSSR count). The molecular formula is C13H17NO. The Hall–Kier alpha value is -1.57. The molecule has 80 valence electrons. The van der Waals surface area contributed by atoms with Crippen LogP contribution in [0.4, 0.5) is 5.69 Å². The fourth-order valence-electron chi connectivity index (χ4n) is 1.66. The van der Waals surface area contributed by atoms with Gasteiger partial charge in [-0.15, -0.1) is 0 Å². The average Bonchev–Trinajstić information content (AvgIpc) is 2.58. The van der Waals surface area contributed by atoms with E-state index in [4.69, 9.17) is 0 Å². The molecule has 0 unspecified atom stereocenters. The van der Waals surface area contributed by atoms with Crippen LogP contribution in [0.15, 0.2) is 18.2 Å². The molecule has 15 heavy (non-hydrogen) atoms. The summed E-state index contributed by atoms with van der Waals surface area (Å²) in [4.78, 5) is 11.3. The van der Waals surface area contributed by atoms with Crippen LogP contribution in [-0.4, -0.2) is 5.91 Å². The highest BCUT2D eigenvalue weighted by atomic mass is 16.1. The number of rotatable bonds is 0. The van der Waals surface area contributed by atoms with E-state index in [0.29, 0.717) is 0 Å². The van der Waals surface area contributed by atoms with E-state index in [1.54, 1.807) is 0 Å². The number of hydrogen-bond acceptors (Lipinski definition) is 1. The van der Waals surface area contributed by atoms with Crippen molar-refractivity contribution < 1.29 is 4.79 Å². The van der Waals surface area contributed by atoms with E-state index < -0.39 is 0 Å². The monoisotopic (exact) mass is 203 g/mol. The lowest BCUT2D eigenvalue weighted by Crippen LogP contribution is -2.24. The summed E-state index contributed by atoms with van der Waals surface area (Å²) in [6.07, 6.45) is 2.02. The highest BCUT2D eigenvalue weighted by Crippen LogP contribution is 2.08. The molecule has 1 aliphatic heterocycles. The number of amides is 1. The van der Waals surface area contributed by atoms with Crippen molar-refractivity contribution in [2.45, 2.75) is 27.7 Å². The van der Waals surface area contributed by atoms with Gasteiger partial charge in [-0.05, 0) is 25.1 Å². The molecule has 1 heterocycles. The summed E-state index contributed by atoms with van der Waals surface area (Å²) in [7, 11) is 0. The Kier molecular flexibility index (Phi) is 3.67. The fourth-order valence-corrected chi connectivity index (χ4v) is 1.66. The quantitative estimate of drug-likeness (QED) is 0.682. The van der Waals surface area contributed by atoms with E-state index >= 15 is 0 Å². The molecule has 2 heteroatoms. The Balaban J connectivity index is 0.000000531. The van der Waals surface area contributed by atoms with Crippen molar-refractivity contribution in [2.75, 3.05) is 5.32 Å². The van der Waals surface area contributed by atoms with Crippen LogP contribution in [0.3, 0.4) is 0 Å². The standard InChI is InChI=1S/C11H11NO.C2H6/c1-3-8-5-4-6-9-10(8)7(2)11(13)12-9;1-2/h3-6H,1-2H3,(H,12,13);1-2H3/b8-3-;. The van der Waals surface area contributed by atoms with Gasteiger partial charge in [0, 0.05) is 16.5 Å². The van der Waals surface area contributed by atoms with E-state index in [-0.39, 0.29) is 5.91 Å². The molecule has 1 N–H and O–H groups in total. The zero-order valence-corrected chi connectivity index (χ0v) is 9.72.